The molecule has 1 amide bonds. The van der Waals surface area contributed by atoms with Crippen LogP contribution in [0.2, 0.25) is 0 Å². The van der Waals surface area contributed by atoms with Gasteiger partial charge in [-0.3, -0.25) is 4.79 Å². The Morgan fingerprint density at radius 1 is 1.32 bits per heavy atom. The third-order valence-electron chi connectivity index (χ3n) is 2.74. The van der Waals surface area contributed by atoms with Crippen molar-refractivity contribution in [3.63, 3.8) is 0 Å². The predicted molar refractivity (Wildman–Crippen MR) is 72.5 cm³/mol. The molecular formula is C14H19NO4. The summed E-state index contributed by atoms with van der Waals surface area (Å²) in [5.74, 6) is -1.03. The van der Waals surface area contributed by atoms with Crippen LogP contribution in [0.3, 0.4) is 0 Å². The van der Waals surface area contributed by atoms with Crippen LogP contribution in [0.25, 0.3) is 0 Å². The van der Waals surface area contributed by atoms with E-state index in [1.165, 1.54) is 6.07 Å². The highest BCUT2D eigenvalue weighted by Crippen LogP contribution is 2.15. The maximum absolute atomic E-state index is 11.6. The van der Waals surface area contributed by atoms with E-state index in [9.17, 15) is 9.59 Å². The number of carbonyl (C=O) groups is 2. The molecular weight excluding hydrogens is 246 g/mol. The number of amides is 1. The first kappa shape index (κ1) is 15.2. The van der Waals surface area contributed by atoms with E-state index in [2.05, 4.69) is 5.32 Å². The van der Waals surface area contributed by atoms with Gasteiger partial charge in [0.15, 0.2) is 0 Å². The van der Waals surface area contributed by atoms with E-state index in [-0.39, 0.29) is 11.5 Å². The molecule has 1 aromatic rings. The smallest absolute Gasteiger partial charge is 0.335 e. The summed E-state index contributed by atoms with van der Waals surface area (Å²) in [6.45, 7) is 2.36. The number of methoxy groups -OCH3 is 1. The number of ether oxygens (including phenoxy) is 1. The fraction of sp³-hybridized carbons (Fsp3) is 0.429. The third kappa shape index (κ3) is 5.09. The second-order valence-electron chi connectivity index (χ2n) is 4.33. The van der Waals surface area contributed by atoms with Gasteiger partial charge < -0.3 is 15.2 Å². The van der Waals surface area contributed by atoms with E-state index in [4.69, 9.17) is 9.84 Å². The summed E-state index contributed by atoms with van der Waals surface area (Å²) >= 11 is 0. The molecule has 0 radical (unpaired) electrons. The molecule has 0 saturated carbocycles. The number of anilines is 1. The number of carboxylic acids is 1. The van der Waals surface area contributed by atoms with Gasteiger partial charge in [-0.15, -0.1) is 0 Å². The molecule has 0 saturated heterocycles. The van der Waals surface area contributed by atoms with Gasteiger partial charge in [0.1, 0.15) is 0 Å². The van der Waals surface area contributed by atoms with Crippen molar-refractivity contribution in [2.45, 2.75) is 26.2 Å². The van der Waals surface area contributed by atoms with E-state index in [0.29, 0.717) is 24.3 Å². The maximum Gasteiger partial charge on any atom is 0.335 e. The minimum atomic E-state index is -0.963. The van der Waals surface area contributed by atoms with Crippen LogP contribution in [-0.4, -0.2) is 30.7 Å². The van der Waals surface area contributed by atoms with Gasteiger partial charge in [-0.25, -0.2) is 4.79 Å². The second kappa shape index (κ2) is 7.53. The van der Waals surface area contributed by atoms with Crippen LogP contribution in [0.15, 0.2) is 18.2 Å². The Hall–Kier alpha value is -1.88. The largest absolute Gasteiger partial charge is 0.478 e. The van der Waals surface area contributed by atoms with Crippen LogP contribution in [0.4, 0.5) is 5.69 Å². The van der Waals surface area contributed by atoms with Gasteiger partial charge in [0, 0.05) is 25.8 Å². The summed E-state index contributed by atoms with van der Waals surface area (Å²) in [6, 6.07) is 4.76. The quantitative estimate of drug-likeness (QED) is 0.742. The molecule has 5 heteroatoms. The number of rotatable bonds is 7. The van der Waals surface area contributed by atoms with Crippen molar-refractivity contribution in [2.75, 3.05) is 19.0 Å². The molecule has 0 heterocycles. The number of unbranched alkanes of at least 4 members (excludes halogenated alkanes) is 1. The van der Waals surface area contributed by atoms with Gasteiger partial charge in [0.2, 0.25) is 5.91 Å². The molecule has 1 aromatic carbocycles. The monoisotopic (exact) mass is 265 g/mol. The minimum absolute atomic E-state index is 0.0708. The summed E-state index contributed by atoms with van der Waals surface area (Å²) in [4.78, 5) is 22.5. The van der Waals surface area contributed by atoms with Crippen molar-refractivity contribution >= 4 is 17.6 Å². The number of hydrogen-bond donors (Lipinski definition) is 2. The molecule has 0 bridgehead atoms. The van der Waals surface area contributed by atoms with Crippen molar-refractivity contribution in [1.82, 2.24) is 0 Å². The van der Waals surface area contributed by atoms with Crippen LogP contribution in [0.5, 0.6) is 0 Å². The lowest BCUT2D eigenvalue weighted by atomic mass is 10.1. The zero-order valence-corrected chi connectivity index (χ0v) is 11.2. The zero-order chi connectivity index (χ0) is 14.3. The molecule has 0 unspecified atom stereocenters. The third-order valence-corrected chi connectivity index (χ3v) is 2.74. The Bertz CT molecular complexity index is 457. The van der Waals surface area contributed by atoms with Gasteiger partial charge in [-0.05, 0) is 43.5 Å². The van der Waals surface area contributed by atoms with Gasteiger partial charge in [-0.2, -0.15) is 0 Å². The van der Waals surface area contributed by atoms with Crippen LogP contribution >= 0.6 is 0 Å². The molecule has 1 rings (SSSR count). The number of benzene rings is 1. The standard InChI is InChI=1S/C14H19NO4/c1-10-9-11(6-7-12(10)14(17)18)15-13(16)5-3-4-8-19-2/h6-7,9H,3-5,8H2,1-2H3,(H,15,16)(H,17,18). The molecule has 104 valence electrons. The Morgan fingerprint density at radius 2 is 2.05 bits per heavy atom. The lowest BCUT2D eigenvalue weighted by molar-refractivity contribution is -0.116. The SMILES string of the molecule is COCCCCC(=O)Nc1ccc(C(=O)O)c(C)c1. The van der Waals surface area contributed by atoms with E-state index < -0.39 is 5.97 Å². The lowest BCUT2D eigenvalue weighted by Gasteiger charge is -2.07. The van der Waals surface area contributed by atoms with Crippen LogP contribution in [0.1, 0.15) is 35.2 Å². The normalized spacial score (nSPS) is 10.2. The van der Waals surface area contributed by atoms with Gasteiger partial charge in [-0.1, -0.05) is 0 Å². The van der Waals surface area contributed by atoms with Gasteiger partial charge >= 0.3 is 5.97 Å². The van der Waals surface area contributed by atoms with Gasteiger partial charge in [0.05, 0.1) is 5.56 Å². The maximum atomic E-state index is 11.6. The minimum Gasteiger partial charge on any atom is -0.478 e. The molecule has 0 aliphatic rings. The topological polar surface area (TPSA) is 75.6 Å². The number of aromatic carboxylic acids is 1. The van der Waals surface area contributed by atoms with Crippen LogP contribution < -0.4 is 5.32 Å². The Balaban J connectivity index is 2.51. The Kier molecular flexibility index (Phi) is 6.02. The van der Waals surface area contributed by atoms with Crippen molar-refractivity contribution < 1.29 is 19.4 Å². The number of nitrogens with one attached hydrogen (secondary N) is 1. The number of hydrogen-bond acceptors (Lipinski definition) is 3. The average Bonchev–Trinajstić information content (AvgIpc) is 2.34. The molecule has 0 aliphatic carbocycles. The van der Waals surface area contributed by atoms with Crippen molar-refractivity contribution in [3.05, 3.63) is 29.3 Å². The fourth-order valence-corrected chi connectivity index (χ4v) is 1.74. The molecule has 2 N–H and O–H groups in total. The Morgan fingerprint density at radius 3 is 2.63 bits per heavy atom. The van der Waals surface area contributed by atoms with Crippen molar-refractivity contribution in [1.29, 1.82) is 0 Å². The molecule has 5 nitrogen and oxygen atoms in total. The number of aryl methyl sites for hydroxylation is 1. The molecule has 0 spiro atoms. The first-order valence-electron chi connectivity index (χ1n) is 6.17. The number of carboxylic acid groups (broad SMARTS) is 1. The van der Waals surface area contributed by atoms with Crippen LogP contribution in [0, 0.1) is 6.92 Å². The summed E-state index contributed by atoms with van der Waals surface area (Å²) in [5, 5.41) is 11.7. The molecule has 19 heavy (non-hydrogen) atoms. The van der Waals surface area contributed by atoms with E-state index >= 15 is 0 Å². The Labute approximate surface area is 112 Å². The van der Waals surface area contributed by atoms with E-state index in [0.717, 1.165) is 12.8 Å². The average molecular weight is 265 g/mol. The molecule has 0 atom stereocenters. The van der Waals surface area contributed by atoms with Crippen molar-refractivity contribution in [2.24, 2.45) is 0 Å². The highest BCUT2D eigenvalue weighted by Gasteiger charge is 2.08. The van der Waals surface area contributed by atoms with Gasteiger partial charge in [0.25, 0.3) is 0 Å². The first-order valence-corrected chi connectivity index (χ1v) is 6.17. The molecule has 0 aliphatic heterocycles. The highest BCUT2D eigenvalue weighted by molar-refractivity contribution is 5.93. The van der Waals surface area contributed by atoms with Crippen LogP contribution in [-0.2, 0) is 9.53 Å². The van der Waals surface area contributed by atoms with Crippen molar-refractivity contribution in [3.8, 4) is 0 Å². The number of carbonyl (C=O) groups excluding carboxylic acids is 1. The highest BCUT2D eigenvalue weighted by atomic mass is 16.5. The lowest BCUT2D eigenvalue weighted by Crippen LogP contribution is -2.12. The summed E-state index contributed by atoms with van der Waals surface area (Å²) < 4.78 is 4.91. The predicted octanol–water partition coefficient (Wildman–Crippen LogP) is 2.45. The summed E-state index contributed by atoms with van der Waals surface area (Å²) in [7, 11) is 1.63. The van der Waals surface area contributed by atoms with E-state index in [1.807, 2.05) is 0 Å². The second-order valence-corrected chi connectivity index (χ2v) is 4.33. The first-order chi connectivity index (χ1) is 9.04. The summed E-state index contributed by atoms with van der Waals surface area (Å²) in [6.07, 6.45) is 2.05. The fourth-order valence-electron chi connectivity index (χ4n) is 1.74. The molecule has 0 aromatic heterocycles. The summed E-state index contributed by atoms with van der Waals surface area (Å²) in [5.41, 5.74) is 1.50. The van der Waals surface area contributed by atoms with E-state index in [1.54, 1.807) is 26.2 Å². The molecule has 0 fully saturated rings. The zero-order valence-electron chi connectivity index (χ0n) is 11.2.